The minimum absolute atomic E-state index is 0.694. The topological polar surface area (TPSA) is 29.3 Å². The highest BCUT2D eigenvalue weighted by molar-refractivity contribution is 5.54. The lowest BCUT2D eigenvalue weighted by Gasteiger charge is -2.07. The number of aromatic nitrogens is 2. The second kappa shape index (κ2) is 3.59. The molecule has 84 valence electrons. The number of nitrogens with one attached hydrogen (secondary N) is 1. The summed E-state index contributed by atoms with van der Waals surface area (Å²) >= 11 is 0. The van der Waals surface area contributed by atoms with Gasteiger partial charge in [-0.1, -0.05) is 6.07 Å². The number of imidazole rings is 1. The van der Waals surface area contributed by atoms with Crippen LogP contribution in [0.25, 0.3) is 5.52 Å². The molecular weight excluding hydrogens is 198 g/mol. The molecule has 0 saturated heterocycles. The smallest absolute Gasteiger partial charge is 0.116 e. The zero-order valence-corrected chi connectivity index (χ0v) is 9.83. The SMILES string of the molecule is CNCc1cccc2c(C)nc(C3CC3)n12. The largest absolute Gasteiger partial charge is 0.314 e. The molecule has 0 radical (unpaired) electrons. The van der Waals surface area contributed by atoms with Crippen LogP contribution in [0.2, 0.25) is 0 Å². The quantitative estimate of drug-likeness (QED) is 0.850. The molecule has 2 aromatic rings. The van der Waals surface area contributed by atoms with Crippen LogP contribution < -0.4 is 5.32 Å². The standard InChI is InChI=1S/C13H17N3/c1-9-12-5-3-4-11(8-14-2)16(12)13(15-9)10-6-7-10/h3-5,10,14H,6-8H2,1-2H3. The maximum atomic E-state index is 4.73. The Kier molecular flexibility index (Phi) is 2.21. The molecule has 0 aliphatic heterocycles. The van der Waals surface area contributed by atoms with Gasteiger partial charge in [-0.25, -0.2) is 4.98 Å². The minimum atomic E-state index is 0.694. The Morgan fingerprint density at radius 2 is 2.25 bits per heavy atom. The third-order valence-corrected chi connectivity index (χ3v) is 3.25. The molecule has 1 N–H and O–H groups in total. The molecule has 2 heterocycles. The Morgan fingerprint density at radius 1 is 1.44 bits per heavy atom. The van der Waals surface area contributed by atoms with E-state index in [2.05, 4.69) is 34.8 Å². The average molecular weight is 215 g/mol. The van der Waals surface area contributed by atoms with E-state index in [0.717, 1.165) is 12.2 Å². The van der Waals surface area contributed by atoms with Crippen LogP contribution in [0.15, 0.2) is 18.2 Å². The van der Waals surface area contributed by atoms with E-state index in [1.165, 1.54) is 29.9 Å². The molecular formula is C13H17N3. The van der Waals surface area contributed by atoms with E-state index in [1.54, 1.807) is 0 Å². The highest BCUT2D eigenvalue weighted by Gasteiger charge is 2.29. The summed E-state index contributed by atoms with van der Waals surface area (Å²) in [6.45, 7) is 3.00. The van der Waals surface area contributed by atoms with Gasteiger partial charge in [0.05, 0.1) is 11.2 Å². The van der Waals surface area contributed by atoms with E-state index in [-0.39, 0.29) is 0 Å². The Morgan fingerprint density at radius 3 is 2.94 bits per heavy atom. The molecule has 2 aromatic heterocycles. The predicted octanol–water partition coefficient (Wildman–Crippen LogP) is 2.24. The van der Waals surface area contributed by atoms with Gasteiger partial charge in [0.1, 0.15) is 5.82 Å². The highest BCUT2D eigenvalue weighted by atomic mass is 15.1. The fourth-order valence-electron chi connectivity index (χ4n) is 2.32. The zero-order valence-electron chi connectivity index (χ0n) is 9.83. The van der Waals surface area contributed by atoms with Crippen molar-refractivity contribution in [3.8, 4) is 0 Å². The molecule has 0 bridgehead atoms. The fourth-order valence-corrected chi connectivity index (χ4v) is 2.32. The van der Waals surface area contributed by atoms with Gasteiger partial charge in [-0.2, -0.15) is 0 Å². The van der Waals surface area contributed by atoms with Crippen molar-refractivity contribution in [3.05, 3.63) is 35.4 Å². The summed E-state index contributed by atoms with van der Waals surface area (Å²) in [6.07, 6.45) is 2.60. The maximum absolute atomic E-state index is 4.73. The molecule has 0 aromatic carbocycles. The van der Waals surface area contributed by atoms with Crippen LogP contribution in [0.1, 0.15) is 36.0 Å². The van der Waals surface area contributed by atoms with E-state index < -0.39 is 0 Å². The lowest BCUT2D eigenvalue weighted by molar-refractivity contribution is 0.758. The lowest BCUT2D eigenvalue weighted by Crippen LogP contribution is -2.10. The highest BCUT2D eigenvalue weighted by Crippen LogP contribution is 2.40. The number of fused-ring (bicyclic) bond motifs is 1. The van der Waals surface area contributed by atoms with Gasteiger partial charge in [-0.15, -0.1) is 0 Å². The summed E-state index contributed by atoms with van der Waals surface area (Å²) in [7, 11) is 1.99. The van der Waals surface area contributed by atoms with Crippen LogP contribution >= 0.6 is 0 Å². The van der Waals surface area contributed by atoms with E-state index in [1.807, 2.05) is 7.05 Å². The van der Waals surface area contributed by atoms with Crippen LogP contribution in [0.3, 0.4) is 0 Å². The summed E-state index contributed by atoms with van der Waals surface area (Å²) in [5, 5.41) is 3.22. The molecule has 3 rings (SSSR count). The molecule has 0 spiro atoms. The molecule has 3 nitrogen and oxygen atoms in total. The van der Waals surface area contributed by atoms with Crippen molar-refractivity contribution < 1.29 is 0 Å². The molecule has 1 aliphatic rings. The van der Waals surface area contributed by atoms with Crippen molar-refractivity contribution in [3.63, 3.8) is 0 Å². The number of rotatable bonds is 3. The Labute approximate surface area is 95.5 Å². The van der Waals surface area contributed by atoms with Gasteiger partial charge in [0.2, 0.25) is 0 Å². The summed E-state index contributed by atoms with van der Waals surface area (Å²) in [5.41, 5.74) is 3.72. The second-order valence-corrected chi connectivity index (χ2v) is 4.60. The molecule has 3 heteroatoms. The van der Waals surface area contributed by atoms with Gasteiger partial charge in [-0.05, 0) is 38.9 Å². The van der Waals surface area contributed by atoms with Gasteiger partial charge in [0.15, 0.2) is 0 Å². The van der Waals surface area contributed by atoms with Crippen molar-refractivity contribution in [1.82, 2.24) is 14.7 Å². The van der Waals surface area contributed by atoms with Gasteiger partial charge in [0, 0.05) is 18.2 Å². The van der Waals surface area contributed by atoms with E-state index in [9.17, 15) is 0 Å². The second-order valence-electron chi connectivity index (χ2n) is 4.60. The van der Waals surface area contributed by atoms with Crippen LogP contribution in [0.4, 0.5) is 0 Å². The number of hydrogen-bond donors (Lipinski definition) is 1. The van der Waals surface area contributed by atoms with Gasteiger partial charge in [0.25, 0.3) is 0 Å². The number of pyridine rings is 1. The molecule has 0 unspecified atom stereocenters. The Bertz CT molecular complexity index is 523. The van der Waals surface area contributed by atoms with Gasteiger partial charge >= 0.3 is 0 Å². The first-order valence-corrected chi connectivity index (χ1v) is 5.92. The summed E-state index contributed by atoms with van der Waals surface area (Å²) in [4.78, 5) is 4.73. The maximum Gasteiger partial charge on any atom is 0.116 e. The molecule has 0 atom stereocenters. The third kappa shape index (κ3) is 1.43. The summed E-state index contributed by atoms with van der Waals surface area (Å²) in [5.74, 6) is 1.96. The monoisotopic (exact) mass is 215 g/mol. The Balaban J connectivity index is 2.25. The molecule has 1 fully saturated rings. The number of hydrogen-bond acceptors (Lipinski definition) is 2. The van der Waals surface area contributed by atoms with E-state index >= 15 is 0 Å². The first-order chi connectivity index (χ1) is 7.81. The van der Waals surface area contributed by atoms with Crippen LogP contribution in [-0.2, 0) is 6.54 Å². The Hall–Kier alpha value is -1.35. The molecule has 1 saturated carbocycles. The van der Waals surface area contributed by atoms with Crippen LogP contribution in [0.5, 0.6) is 0 Å². The zero-order chi connectivity index (χ0) is 11.1. The average Bonchev–Trinajstić information content (AvgIpc) is 3.06. The predicted molar refractivity (Wildman–Crippen MR) is 64.7 cm³/mol. The van der Waals surface area contributed by atoms with Crippen molar-refractivity contribution in [1.29, 1.82) is 0 Å². The van der Waals surface area contributed by atoms with Crippen molar-refractivity contribution in [2.45, 2.75) is 32.2 Å². The minimum Gasteiger partial charge on any atom is -0.314 e. The van der Waals surface area contributed by atoms with Crippen molar-refractivity contribution in [2.75, 3.05) is 7.05 Å². The number of aryl methyl sites for hydroxylation is 1. The van der Waals surface area contributed by atoms with Crippen LogP contribution in [-0.4, -0.2) is 16.4 Å². The fraction of sp³-hybridized carbons (Fsp3) is 0.462. The van der Waals surface area contributed by atoms with Crippen molar-refractivity contribution >= 4 is 5.52 Å². The van der Waals surface area contributed by atoms with E-state index in [0.29, 0.717) is 5.92 Å². The summed E-state index contributed by atoms with van der Waals surface area (Å²) < 4.78 is 2.34. The van der Waals surface area contributed by atoms with Gasteiger partial charge in [-0.3, -0.25) is 4.40 Å². The normalized spacial score (nSPS) is 15.9. The number of nitrogens with zero attached hydrogens (tertiary/aromatic N) is 2. The molecule has 16 heavy (non-hydrogen) atoms. The first kappa shape index (κ1) is 9.85. The third-order valence-electron chi connectivity index (χ3n) is 3.25. The molecule has 0 amide bonds. The lowest BCUT2D eigenvalue weighted by atomic mass is 10.3. The van der Waals surface area contributed by atoms with Crippen LogP contribution in [0, 0.1) is 6.92 Å². The van der Waals surface area contributed by atoms with Gasteiger partial charge < -0.3 is 5.32 Å². The summed E-state index contributed by atoms with van der Waals surface area (Å²) in [6, 6.07) is 6.46. The molecule has 1 aliphatic carbocycles. The van der Waals surface area contributed by atoms with E-state index in [4.69, 9.17) is 4.98 Å². The first-order valence-electron chi connectivity index (χ1n) is 5.92. The van der Waals surface area contributed by atoms with Crippen molar-refractivity contribution in [2.24, 2.45) is 0 Å².